The lowest BCUT2D eigenvalue weighted by molar-refractivity contribution is -0.384. The number of nitro benzene ring substituents is 1. The molecule has 1 saturated carbocycles. The van der Waals surface area contributed by atoms with E-state index in [1.54, 1.807) is 12.1 Å². The number of non-ortho nitro benzene ring substituents is 1. The summed E-state index contributed by atoms with van der Waals surface area (Å²) in [5.74, 6) is -0.412. The number of hydrogen-bond acceptors (Lipinski definition) is 4. The number of carboxylic acid groups (broad SMARTS) is 1. The molecule has 114 valence electrons. The van der Waals surface area contributed by atoms with Crippen molar-refractivity contribution in [1.82, 2.24) is 0 Å². The van der Waals surface area contributed by atoms with Crippen LogP contribution in [0, 0.1) is 28.9 Å². The van der Waals surface area contributed by atoms with Crippen LogP contribution in [0.1, 0.15) is 31.2 Å². The van der Waals surface area contributed by atoms with Gasteiger partial charge in [0.1, 0.15) is 0 Å². The summed E-state index contributed by atoms with van der Waals surface area (Å²) in [5, 5.41) is 23.0. The number of carboxylic acids is 1. The van der Waals surface area contributed by atoms with E-state index >= 15 is 0 Å². The molecule has 0 aliphatic heterocycles. The van der Waals surface area contributed by atoms with Gasteiger partial charge in [0.15, 0.2) is 0 Å². The van der Waals surface area contributed by atoms with Gasteiger partial charge in [-0.2, -0.15) is 0 Å². The van der Waals surface area contributed by atoms with Gasteiger partial charge < -0.3 is 10.4 Å². The molecule has 2 rings (SSSR count). The van der Waals surface area contributed by atoms with Gasteiger partial charge >= 0.3 is 5.97 Å². The Balaban J connectivity index is 1.87. The van der Waals surface area contributed by atoms with Crippen molar-refractivity contribution in [2.45, 2.75) is 32.6 Å². The molecule has 0 atom stereocenters. The fourth-order valence-corrected chi connectivity index (χ4v) is 2.83. The zero-order valence-corrected chi connectivity index (χ0v) is 12.0. The molecule has 1 fully saturated rings. The largest absolute Gasteiger partial charge is 0.481 e. The first-order valence-electron chi connectivity index (χ1n) is 7.19. The van der Waals surface area contributed by atoms with Crippen LogP contribution in [-0.2, 0) is 4.79 Å². The van der Waals surface area contributed by atoms with Crippen LogP contribution >= 0.6 is 0 Å². The molecular formula is C15H20N2O4. The lowest BCUT2D eigenvalue weighted by Crippen LogP contribution is -2.25. The number of nitrogens with one attached hydrogen (secondary N) is 1. The van der Waals surface area contributed by atoms with Gasteiger partial charge in [0.05, 0.1) is 10.8 Å². The summed E-state index contributed by atoms with van der Waals surface area (Å²) in [6, 6.07) is 4.79. The predicted octanol–water partition coefficient (Wildman–Crippen LogP) is 3.21. The third kappa shape index (κ3) is 3.93. The summed E-state index contributed by atoms with van der Waals surface area (Å²) < 4.78 is 0. The van der Waals surface area contributed by atoms with E-state index in [1.807, 2.05) is 6.92 Å². The van der Waals surface area contributed by atoms with Gasteiger partial charge in [-0.1, -0.05) is 0 Å². The fourth-order valence-electron chi connectivity index (χ4n) is 2.83. The average molecular weight is 292 g/mol. The second kappa shape index (κ2) is 6.56. The molecule has 0 saturated heterocycles. The molecule has 0 aromatic heterocycles. The summed E-state index contributed by atoms with van der Waals surface area (Å²) >= 11 is 0. The third-order valence-electron chi connectivity index (χ3n) is 4.20. The first kappa shape index (κ1) is 15.3. The van der Waals surface area contributed by atoms with Gasteiger partial charge in [0.2, 0.25) is 0 Å². The van der Waals surface area contributed by atoms with Crippen LogP contribution in [0.2, 0.25) is 0 Å². The van der Waals surface area contributed by atoms with Gasteiger partial charge in [0.25, 0.3) is 5.69 Å². The van der Waals surface area contributed by atoms with Gasteiger partial charge in [-0.3, -0.25) is 14.9 Å². The molecule has 0 amide bonds. The molecule has 0 unspecified atom stereocenters. The third-order valence-corrected chi connectivity index (χ3v) is 4.20. The number of anilines is 1. The van der Waals surface area contributed by atoms with Gasteiger partial charge in [0, 0.05) is 24.4 Å². The molecule has 0 radical (unpaired) electrons. The van der Waals surface area contributed by atoms with E-state index in [9.17, 15) is 14.9 Å². The predicted molar refractivity (Wildman–Crippen MR) is 79.4 cm³/mol. The molecule has 2 N–H and O–H groups in total. The SMILES string of the molecule is Cc1cc([N+](=O)[O-])ccc1NCC1CCC(C(=O)O)CC1. The van der Waals surface area contributed by atoms with Gasteiger partial charge in [-0.15, -0.1) is 0 Å². The zero-order chi connectivity index (χ0) is 15.4. The Hall–Kier alpha value is -2.11. The lowest BCUT2D eigenvalue weighted by atomic mass is 9.82. The van der Waals surface area contributed by atoms with Crippen molar-refractivity contribution < 1.29 is 14.8 Å². The number of rotatable bonds is 5. The molecule has 6 nitrogen and oxygen atoms in total. The van der Waals surface area contributed by atoms with Gasteiger partial charge in [-0.25, -0.2) is 0 Å². The fraction of sp³-hybridized carbons (Fsp3) is 0.533. The normalized spacial score (nSPS) is 21.8. The van der Waals surface area contributed by atoms with Crippen LogP contribution in [0.3, 0.4) is 0 Å². The number of hydrogen-bond donors (Lipinski definition) is 2. The van der Waals surface area contributed by atoms with Crippen molar-refractivity contribution in [3.8, 4) is 0 Å². The zero-order valence-electron chi connectivity index (χ0n) is 12.0. The second-order valence-electron chi connectivity index (χ2n) is 5.69. The molecule has 6 heteroatoms. The minimum absolute atomic E-state index is 0.0972. The van der Waals surface area contributed by atoms with Crippen LogP contribution in [0.4, 0.5) is 11.4 Å². The number of nitrogens with zero attached hydrogens (tertiary/aromatic N) is 1. The topological polar surface area (TPSA) is 92.5 Å². The van der Waals surface area contributed by atoms with Crippen LogP contribution in [-0.4, -0.2) is 22.5 Å². The quantitative estimate of drug-likeness (QED) is 0.642. The van der Waals surface area contributed by atoms with E-state index in [0.717, 1.165) is 43.5 Å². The second-order valence-corrected chi connectivity index (χ2v) is 5.69. The van der Waals surface area contributed by atoms with Crippen molar-refractivity contribution in [3.63, 3.8) is 0 Å². The number of nitro groups is 1. The summed E-state index contributed by atoms with van der Waals surface area (Å²) in [5.41, 5.74) is 1.85. The van der Waals surface area contributed by atoms with Crippen molar-refractivity contribution in [2.75, 3.05) is 11.9 Å². The summed E-state index contributed by atoms with van der Waals surface area (Å²) in [4.78, 5) is 21.2. The molecule has 0 bridgehead atoms. The van der Waals surface area contributed by atoms with E-state index in [0.29, 0.717) is 5.92 Å². The van der Waals surface area contributed by atoms with Crippen LogP contribution in [0.5, 0.6) is 0 Å². The molecular weight excluding hydrogens is 272 g/mol. The van der Waals surface area contributed by atoms with E-state index in [1.165, 1.54) is 6.07 Å². The Labute approximate surface area is 123 Å². The summed E-state index contributed by atoms with van der Waals surface area (Å²) in [6.07, 6.45) is 3.30. The highest BCUT2D eigenvalue weighted by molar-refractivity contribution is 5.70. The average Bonchev–Trinajstić information content (AvgIpc) is 2.46. The maximum Gasteiger partial charge on any atom is 0.306 e. The van der Waals surface area contributed by atoms with E-state index in [4.69, 9.17) is 5.11 Å². The Bertz CT molecular complexity index is 536. The summed E-state index contributed by atoms with van der Waals surface area (Å²) in [7, 11) is 0. The van der Waals surface area contributed by atoms with Crippen molar-refractivity contribution >= 4 is 17.3 Å². The number of benzene rings is 1. The monoisotopic (exact) mass is 292 g/mol. The standard InChI is InChI=1S/C15H20N2O4/c1-10-8-13(17(20)21)6-7-14(10)16-9-11-2-4-12(5-3-11)15(18)19/h6-8,11-12,16H,2-5,9H2,1H3,(H,18,19). The smallest absolute Gasteiger partial charge is 0.306 e. The van der Waals surface area contributed by atoms with Crippen molar-refractivity contribution in [3.05, 3.63) is 33.9 Å². The highest BCUT2D eigenvalue weighted by Gasteiger charge is 2.25. The maximum atomic E-state index is 10.9. The Kier molecular flexibility index (Phi) is 4.77. The molecule has 1 aliphatic rings. The van der Waals surface area contributed by atoms with Crippen LogP contribution < -0.4 is 5.32 Å². The lowest BCUT2D eigenvalue weighted by Gasteiger charge is -2.26. The maximum absolute atomic E-state index is 10.9. The number of aliphatic carboxylic acids is 1. The molecule has 0 heterocycles. The summed E-state index contributed by atoms with van der Waals surface area (Å²) in [6.45, 7) is 2.63. The Morgan fingerprint density at radius 2 is 2.05 bits per heavy atom. The van der Waals surface area contributed by atoms with Crippen LogP contribution in [0.15, 0.2) is 18.2 Å². The van der Waals surface area contributed by atoms with Gasteiger partial charge in [-0.05, 0) is 50.2 Å². The molecule has 1 aromatic carbocycles. The highest BCUT2D eigenvalue weighted by atomic mass is 16.6. The Morgan fingerprint density at radius 3 is 2.57 bits per heavy atom. The molecule has 0 spiro atoms. The first-order chi connectivity index (χ1) is 9.97. The number of aryl methyl sites for hydroxylation is 1. The van der Waals surface area contributed by atoms with Crippen molar-refractivity contribution in [1.29, 1.82) is 0 Å². The van der Waals surface area contributed by atoms with Crippen LogP contribution in [0.25, 0.3) is 0 Å². The van der Waals surface area contributed by atoms with E-state index in [2.05, 4.69) is 5.32 Å². The number of carbonyl (C=O) groups is 1. The first-order valence-corrected chi connectivity index (χ1v) is 7.19. The minimum Gasteiger partial charge on any atom is -0.481 e. The van der Waals surface area contributed by atoms with E-state index in [-0.39, 0.29) is 11.6 Å². The Morgan fingerprint density at radius 1 is 1.38 bits per heavy atom. The molecule has 21 heavy (non-hydrogen) atoms. The molecule has 1 aliphatic carbocycles. The van der Waals surface area contributed by atoms with Crippen molar-refractivity contribution in [2.24, 2.45) is 11.8 Å². The van der Waals surface area contributed by atoms with E-state index < -0.39 is 10.9 Å². The molecule has 1 aromatic rings. The minimum atomic E-state index is -0.687. The highest BCUT2D eigenvalue weighted by Crippen LogP contribution is 2.29.